The minimum absolute atomic E-state index is 0.260. The van der Waals surface area contributed by atoms with E-state index in [1.807, 2.05) is 6.07 Å². The zero-order valence-corrected chi connectivity index (χ0v) is 15.5. The first-order chi connectivity index (χ1) is 14.2. The Morgan fingerprint density at radius 3 is 2.55 bits per heavy atom. The average molecular weight is 393 g/mol. The van der Waals surface area contributed by atoms with Gasteiger partial charge in [-0.1, -0.05) is 36.4 Å². The quantitative estimate of drug-likeness (QED) is 0.605. The van der Waals surface area contributed by atoms with Crippen LogP contribution >= 0.6 is 0 Å². The lowest BCUT2D eigenvalue weighted by atomic mass is 10.1. The fourth-order valence-electron chi connectivity index (χ4n) is 3.07. The molecule has 0 radical (unpaired) electrons. The second-order valence-corrected chi connectivity index (χ2v) is 6.44. The highest BCUT2D eigenvalue weighted by Gasteiger charge is 2.30. The van der Waals surface area contributed by atoms with E-state index in [4.69, 9.17) is 9.47 Å². The second-order valence-electron chi connectivity index (χ2n) is 6.44. The normalized spacial score (nSPS) is 15.0. The molecule has 1 atom stereocenters. The van der Waals surface area contributed by atoms with E-state index >= 15 is 0 Å². The van der Waals surface area contributed by atoms with Gasteiger partial charge in [0, 0.05) is 18.7 Å². The predicted molar refractivity (Wildman–Crippen MR) is 101 cm³/mol. The van der Waals surface area contributed by atoms with E-state index in [2.05, 4.69) is 15.5 Å². The topological polar surface area (TPSA) is 99.4 Å². The third kappa shape index (κ3) is 4.30. The molecule has 1 fully saturated rings. The number of nitrogens with zero attached hydrogens (tertiary/aromatic N) is 5. The SMILES string of the molecule is O=C(O[C@@H](C(=O)N1CCOCC1)c1ccccc1)c1cccc(-n2cnnn2)c1. The Bertz CT molecular complexity index is 972. The van der Waals surface area contributed by atoms with E-state index in [-0.39, 0.29) is 5.91 Å². The Labute approximate surface area is 166 Å². The smallest absolute Gasteiger partial charge is 0.339 e. The lowest BCUT2D eigenvalue weighted by Gasteiger charge is -2.30. The molecule has 29 heavy (non-hydrogen) atoms. The number of morpholine rings is 1. The summed E-state index contributed by atoms with van der Waals surface area (Å²) in [4.78, 5) is 27.6. The van der Waals surface area contributed by atoms with Crippen LogP contribution < -0.4 is 0 Å². The predicted octanol–water partition coefficient (Wildman–Crippen LogP) is 1.42. The lowest BCUT2D eigenvalue weighted by Crippen LogP contribution is -2.44. The van der Waals surface area contributed by atoms with Crippen LogP contribution in [0.3, 0.4) is 0 Å². The summed E-state index contributed by atoms with van der Waals surface area (Å²) in [6.07, 6.45) is 0.401. The summed E-state index contributed by atoms with van der Waals surface area (Å²) in [5.74, 6) is -0.861. The van der Waals surface area contributed by atoms with Gasteiger partial charge in [-0.25, -0.2) is 9.48 Å². The van der Waals surface area contributed by atoms with Gasteiger partial charge >= 0.3 is 5.97 Å². The van der Waals surface area contributed by atoms with Crippen LogP contribution in [-0.4, -0.2) is 63.3 Å². The van der Waals surface area contributed by atoms with Gasteiger partial charge in [0.2, 0.25) is 6.10 Å². The highest BCUT2D eigenvalue weighted by atomic mass is 16.5. The third-order valence-corrected chi connectivity index (χ3v) is 4.57. The minimum Gasteiger partial charge on any atom is -0.444 e. The standard InChI is InChI=1S/C20H19N5O4/c26-19(24-9-11-28-12-10-24)18(15-5-2-1-3-6-15)29-20(27)16-7-4-8-17(13-16)25-14-21-22-23-25/h1-8,13-14,18H,9-12H2/t18-/m1/s1. The Balaban J connectivity index is 1.58. The van der Waals surface area contributed by atoms with Crippen molar-refractivity contribution in [1.29, 1.82) is 0 Å². The van der Waals surface area contributed by atoms with Crippen molar-refractivity contribution >= 4 is 11.9 Å². The van der Waals surface area contributed by atoms with Crippen molar-refractivity contribution in [3.63, 3.8) is 0 Å². The van der Waals surface area contributed by atoms with E-state index < -0.39 is 12.1 Å². The Kier molecular flexibility index (Phi) is 5.57. The Hall–Kier alpha value is -3.59. The van der Waals surface area contributed by atoms with Gasteiger partial charge in [-0.05, 0) is 28.6 Å². The van der Waals surface area contributed by atoms with Gasteiger partial charge in [0.05, 0.1) is 24.5 Å². The van der Waals surface area contributed by atoms with E-state index in [9.17, 15) is 9.59 Å². The first-order valence-corrected chi connectivity index (χ1v) is 9.18. The van der Waals surface area contributed by atoms with Gasteiger partial charge in [-0.2, -0.15) is 0 Å². The molecule has 0 aliphatic carbocycles. The highest BCUT2D eigenvalue weighted by Crippen LogP contribution is 2.23. The van der Waals surface area contributed by atoms with Crippen LogP contribution in [0, 0.1) is 0 Å². The lowest BCUT2D eigenvalue weighted by molar-refractivity contribution is -0.145. The molecule has 1 amide bonds. The first-order valence-electron chi connectivity index (χ1n) is 9.18. The summed E-state index contributed by atoms with van der Waals surface area (Å²) >= 11 is 0. The molecule has 1 saturated heterocycles. The number of ether oxygens (including phenoxy) is 2. The number of carbonyl (C=O) groups is 2. The third-order valence-electron chi connectivity index (χ3n) is 4.57. The molecular formula is C20H19N5O4. The summed E-state index contributed by atoms with van der Waals surface area (Å²) in [5.41, 5.74) is 1.53. The van der Waals surface area contributed by atoms with Crippen LogP contribution in [0.25, 0.3) is 5.69 Å². The van der Waals surface area contributed by atoms with Crippen LogP contribution in [0.2, 0.25) is 0 Å². The molecule has 0 N–H and O–H groups in total. The van der Waals surface area contributed by atoms with Gasteiger partial charge < -0.3 is 14.4 Å². The van der Waals surface area contributed by atoms with Crippen LogP contribution in [0.4, 0.5) is 0 Å². The van der Waals surface area contributed by atoms with Crippen molar-refractivity contribution < 1.29 is 19.1 Å². The van der Waals surface area contributed by atoms with Crippen LogP contribution in [0.15, 0.2) is 60.9 Å². The Morgan fingerprint density at radius 1 is 1.03 bits per heavy atom. The van der Waals surface area contributed by atoms with Crippen LogP contribution in [0.1, 0.15) is 22.0 Å². The Morgan fingerprint density at radius 2 is 1.83 bits per heavy atom. The van der Waals surface area contributed by atoms with Crippen molar-refractivity contribution in [2.45, 2.75) is 6.10 Å². The molecule has 4 rings (SSSR count). The number of carbonyl (C=O) groups excluding carboxylic acids is 2. The van der Waals surface area contributed by atoms with E-state index in [0.717, 1.165) is 0 Å². The molecule has 0 unspecified atom stereocenters. The maximum Gasteiger partial charge on any atom is 0.339 e. The highest BCUT2D eigenvalue weighted by molar-refractivity contribution is 5.93. The van der Waals surface area contributed by atoms with Crippen molar-refractivity contribution in [2.75, 3.05) is 26.3 Å². The van der Waals surface area contributed by atoms with Gasteiger partial charge in [0.1, 0.15) is 6.33 Å². The zero-order valence-electron chi connectivity index (χ0n) is 15.5. The summed E-state index contributed by atoms with van der Waals surface area (Å²) in [6.45, 7) is 1.87. The molecule has 1 aliphatic rings. The molecule has 9 heteroatoms. The van der Waals surface area contributed by atoms with Crippen LogP contribution in [-0.2, 0) is 14.3 Å². The molecule has 148 valence electrons. The molecule has 3 aromatic rings. The van der Waals surface area contributed by atoms with Crippen molar-refractivity contribution in [2.24, 2.45) is 0 Å². The number of amides is 1. The van der Waals surface area contributed by atoms with Crippen molar-refractivity contribution in [3.05, 3.63) is 72.1 Å². The molecule has 0 spiro atoms. The van der Waals surface area contributed by atoms with Crippen molar-refractivity contribution in [1.82, 2.24) is 25.1 Å². The molecule has 0 saturated carbocycles. The van der Waals surface area contributed by atoms with Gasteiger partial charge in [-0.15, -0.1) is 5.10 Å². The molecule has 2 heterocycles. The molecule has 2 aromatic carbocycles. The van der Waals surface area contributed by atoms with Crippen molar-refractivity contribution in [3.8, 4) is 5.69 Å². The summed E-state index contributed by atoms with van der Waals surface area (Å²) in [7, 11) is 0. The molecule has 0 bridgehead atoms. The minimum atomic E-state index is -1.03. The first kappa shape index (κ1) is 18.8. The fourth-order valence-corrected chi connectivity index (χ4v) is 3.07. The largest absolute Gasteiger partial charge is 0.444 e. The number of hydrogen-bond donors (Lipinski definition) is 0. The molecule has 1 aromatic heterocycles. The zero-order chi connectivity index (χ0) is 20.1. The molecule has 9 nitrogen and oxygen atoms in total. The molecular weight excluding hydrogens is 374 g/mol. The average Bonchev–Trinajstić information content (AvgIpc) is 3.33. The summed E-state index contributed by atoms with van der Waals surface area (Å²) in [5, 5.41) is 11.0. The molecule has 1 aliphatic heterocycles. The summed E-state index contributed by atoms with van der Waals surface area (Å²) in [6, 6.07) is 15.7. The number of tetrazole rings is 1. The maximum atomic E-state index is 13.1. The fraction of sp³-hybridized carbons (Fsp3) is 0.250. The number of aromatic nitrogens is 4. The number of benzene rings is 2. The van der Waals surface area contributed by atoms with E-state index in [0.29, 0.717) is 43.1 Å². The second kappa shape index (κ2) is 8.61. The summed E-state index contributed by atoms with van der Waals surface area (Å²) < 4.78 is 12.4. The number of hydrogen-bond acceptors (Lipinski definition) is 7. The van der Waals surface area contributed by atoms with Gasteiger partial charge in [-0.3, -0.25) is 4.79 Å². The number of rotatable bonds is 5. The van der Waals surface area contributed by atoms with Crippen LogP contribution in [0.5, 0.6) is 0 Å². The van der Waals surface area contributed by atoms with E-state index in [1.165, 1.54) is 11.0 Å². The van der Waals surface area contributed by atoms with Gasteiger partial charge in [0.25, 0.3) is 5.91 Å². The van der Waals surface area contributed by atoms with Gasteiger partial charge in [0.15, 0.2) is 0 Å². The monoisotopic (exact) mass is 393 g/mol. The number of esters is 1. The maximum absolute atomic E-state index is 13.1. The van der Waals surface area contributed by atoms with E-state index in [1.54, 1.807) is 53.4 Å².